The minimum absolute atomic E-state index is 0.0156. The van der Waals surface area contributed by atoms with Crippen molar-refractivity contribution in [1.29, 1.82) is 0 Å². The van der Waals surface area contributed by atoms with Crippen LogP contribution in [0.1, 0.15) is 18.4 Å². The van der Waals surface area contributed by atoms with E-state index in [1.165, 1.54) is 0 Å². The Morgan fingerprint density at radius 2 is 1.39 bits per heavy atom. The third kappa shape index (κ3) is 3.50. The van der Waals surface area contributed by atoms with Gasteiger partial charge in [-0.05, 0) is 63.9 Å². The molecule has 1 amide bonds. The summed E-state index contributed by atoms with van der Waals surface area (Å²) in [6.45, 7) is 0.332. The molecule has 31 heavy (non-hydrogen) atoms. The molecule has 7 nitrogen and oxygen atoms in total. The Labute approximate surface area is 180 Å². The number of carbonyl (C=O) groups is 2. The van der Waals surface area contributed by atoms with Crippen molar-refractivity contribution in [3.63, 3.8) is 0 Å². The number of carbonyl (C=O) groups excluding carboxylic acids is 2. The van der Waals surface area contributed by atoms with Gasteiger partial charge in [-0.2, -0.15) is 0 Å². The molecule has 7 heteroatoms. The van der Waals surface area contributed by atoms with Crippen LogP contribution in [0.5, 0.6) is 23.0 Å². The van der Waals surface area contributed by atoms with E-state index in [2.05, 4.69) is 0 Å². The van der Waals surface area contributed by atoms with E-state index in [1.54, 1.807) is 33.3 Å². The minimum atomic E-state index is -0.399. The second-order valence-corrected chi connectivity index (χ2v) is 7.48. The Balaban J connectivity index is 2.00. The Bertz CT molecular complexity index is 1170. The van der Waals surface area contributed by atoms with Gasteiger partial charge in [0.15, 0.2) is 23.0 Å². The van der Waals surface area contributed by atoms with Crippen molar-refractivity contribution in [2.24, 2.45) is 0 Å². The second kappa shape index (κ2) is 8.34. The van der Waals surface area contributed by atoms with E-state index in [0.717, 1.165) is 33.4 Å². The highest BCUT2D eigenvalue weighted by atomic mass is 16.5. The van der Waals surface area contributed by atoms with Gasteiger partial charge in [0.05, 0.1) is 34.5 Å². The van der Waals surface area contributed by atoms with Crippen LogP contribution < -0.4 is 18.9 Å². The molecule has 1 atom stereocenters. The maximum absolute atomic E-state index is 12.4. The summed E-state index contributed by atoms with van der Waals surface area (Å²) in [5, 5.41) is 3.74. The first-order chi connectivity index (χ1) is 15.0. The smallest absolute Gasteiger partial charge is 0.223 e. The zero-order valence-electron chi connectivity index (χ0n) is 18.1. The lowest BCUT2D eigenvalue weighted by Crippen LogP contribution is -2.33. The zero-order chi connectivity index (χ0) is 22.1. The Hall–Kier alpha value is -3.48. The van der Waals surface area contributed by atoms with Gasteiger partial charge < -0.3 is 28.6 Å². The third-order valence-electron chi connectivity index (χ3n) is 5.92. The number of ether oxygens (including phenoxy) is 4. The van der Waals surface area contributed by atoms with E-state index in [4.69, 9.17) is 18.9 Å². The van der Waals surface area contributed by atoms with Crippen LogP contribution in [0.2, 0.25) is 0 Å². The molecule has 1 aliphatic rings. The SMILES string of the molecule is COc1cc2cc(CN3C(=O)CCC3C=O)c3cc(OC)c(OC)cc3c2cc1OC. The first-order valence-corrected chi connectivity index (χ1v) is 10.0. The highest BCUT2D eigenvalue weighted by Crippen LogP contribution is 2.41. The summed E-state index contributed by atoms with van der Waals surface area (Å²) in [5.74, 6) is 2.42. The molecule has 162 valence electrons. The molecule has 1 unspecified atom stereocenters. The van der Waals surface area contributed by atoms with Gasteiger partial charge >= 0.3 is 0 Å². The molecule has 1 saturated heterocycles. The lowest BCUT2D eigenvalue weighted by molar-refractivity contribution is -0.131. The van der Waals surface area contributed by atoms with Crippen molar-refractivity contribution in [3.8, 4) is 23.0 Å². The predicted molar refractivity (Wildman–Crippen MR) is 117 cm³/mol. The monoisotopic (exact) mass is 423 g/mol. The molecule has 0 radical (unpaired) electrons. The third-order valence-corrected chi connectivity index (χ3v) is 5.92. The van der Waals surface area contributed by atoms with Crippen molar-refractivity contribution < 1.29 is 28.5 Å². The molecule has 1 heterocycles. The van der Waals surface area contributed by atoms with Crippen molar-refractivity contribution >= 4 is 33.7 Å². The van der Waals surface area contributed by atoms with Crippen LogP contribution in [0.4, 0.5) is 0 Å². The summed E-state index contributed by atoms with van der Waals surface area (Å²) in [4.78, 5) is 25.6. The first-order valence-electron chi connectivity index (χ1n) is 10.0. The van der Waals surface area contributed by atoms with E-state index >= 15 is 0 Å². The normalized spacial score (nSPS) is 16.1. The number of fused-ring (bicyclic) bond motifs is 3. The van der Waals surface area contributed by atoms with E-state index in [-0.39, 0.29) is 5.91 Å². The number of likely N-dealkylation sites (tertiary alicyclic amines) is 1. The molecule has 0 aliphatic carbocycles. The standard InChI is InChI=1S/C24H25NO6/c1-28-20-8-14-7-15(12-25-16(13-26)5-6-24(25)27)18-10-22(30-3)23(31-4)11-19(18)17(14)9-21(20)29-2/h7-11,13,16H,5-6,12H2,1-4H3. The van der Waals surface area contributed by atoms with Crippen LogP contribution >= 0.6 is 0 Å². The number of benzene rings is 3. The molecule has 0 saturated carbocycles. The van der Waals surface area contributed by atoms with Gasteiger partial charge in [0.25, 0.3) is 0 Å². The Morgan fingerprint density at radius 1 is 0.839 bits per heavy atom. The second-order valence-electron chi connectivity index (χ2n) is 7.48. The number of nitrogens with zero attached hydrogens (tertiary/aromatic N) is 1. The first kappa shape index (κ1) is 20.8. The zero-order valence-corrected chi connectivity index (χ0v) is 18.1. The quantitative estimate of drug-likeness (QED) is 0.426. The van der Waals surface area contributed by atoms with Crippen LogP contribution in [-0.2, 0) is 16.1 Å². The number of amides is 1. The van der Waals surface area contributed by atoms with Crippen molar-refractivity contribution in [1.82, 2.24) is 4.90 Å². The number of aldehydes is 1. The molecular weight excluding hydrogens is 398 g/mol. The summed E-state index contributed by atoms with van der Waals surface area (Å²) in [6.07, 6.45) is 1.79. The lowest BCUT2D eigenvalue weighted by Gasteiger charge is -2.23. The van der Waals surface area contributed by atoms with Gasteiger partial charge in [-0.3, -0.25) is 4.79 Å². The largest absolute Gasteiger partial charge is 0.493 e. The van der Waals surface area contributed by atoms with Crippen molar-refractivity contribution in [2.45, 2.75) is 25.4 Å². The van der Waals surface area contributed by atoms with Crippen LogP contribution in [0.3, 0.4) is 0 Å². The Morgan fingerprint density at radius 3 is 1.97 bits per heavy atom. The topological polar surface area (TPSA) is 74.3 Å². The van der Waals surface area contributed by atoms with Crippen LogP contribution in [0, 0.1) is 0 Å². The fraction of sp³-hybridized carbons (Fsp3) is 0.333. The lowest BCUT2D eigenvalue weighted by atomic mass is 9.95. The molecular formula is C24H25NO6. The van der Waals surface area contributed by atoms with Crippen LogP contribution in [0.15, 0.2) is 30.3 Å². The van der Waals surface area contributed by atoms with E-state index in [1.807, 2.05) is 30.3 Å². The van der Waals surface area contributed by atoms with Crippen molar-refractivity contribution in [2.75, 3.05) is 28.4 Å². The summed E-state index contributed by atoms with van der Waals surface area (Å²) < 4.78 is 22.0. The van der Waals surface area contributed by atoms with Gasteiger partial charge in [-0.1, -0.05) is 0 Å². The highest BCUT2D eigenvalue weighted by Gasteiger charge is 2.31. The fourth-order valence-electron chi connectivity index (χ4n) is 4.30. The number of hydrogen-bond donors (Lipinski definition) is 0. The van der Waals surface area contributed by atoms with Gasteiger partial charge in [0, 0.05) is 13.0 Å². The molecule has 1 fully saturated rings. The molecule has 3 aromatic carbocycles. The summed E-state index contributed by atoms with van der Waals surface area (Å²) in [7, 11) is 6.38. The fourth-order valence-corrected chi connectivity index (χ4v) is 4.30. The van der Waals surface area contributed by atoms with E-state index in [0.29, 0.717) is 42.4 Å². The summed E-state index contributed by atoms with van der Waals surface area (Å²) >= 11 is 0. The minimum Gasteiger partial charge on any atom is -0.493 e. The van der Waals surface area contributed by atoms with Crippen LogP contribution in [0.25, 0.3) is 21.5 Å². The van der Waals surface area contributed by atoms with Gasteiger partial charge in [-0.25, -0.2) is 0 Å². The maximum Gasteiger partial charge on any atom is 0.223 e. The van der Waals surface area contributed by atoms with Crippen molar-refractivity contribution in [3.05, 3.63) is 35.9 Å². The average Bonchev–Trinajstić information content (AvgIpc) is 3.16. The Kier molecular flexibility index (Phi) is 5.59. The molecule has 0 bridgehead atoms. The predicted octanol–water partition coefficient (Wildman–Crippen LogP) is 3.72. The van der Waals surface area contributed by atoms with Gasteiger partial charge in [0.2, 0.25) is 5.91 Å². The molecule has 0 aromatic heterocycles. The van der Waals surface area contributed by atoms with Gasteiger partial charge in [0.1, 0.15) is 6.29 Å². The van der Waals surface area contributed by atoms with Gasteiger partial charge in [-0.15, -0.1) is 0 Å². The maximum atomic E-state index is 12.4. The summed E-state index contributed by atoms with van der Waals surface area (Å²) in [6, 6.07) is 9.31. The molecule has 1 aliphatic heterocycles. The number of rotatable bonds is 7. The summed E-state index contributed by atoms with van der Waals surface area (Å²) in [5.41, 5.74) is 0.915. The molecule has 0 spiro atoms. The molecule has 3 aromatic rings. The van der Waals surface area contributed by atoms with Crippen LogP contribution in [-0.4, -0.2) is 51.6 Å². The highest BCUT2D eigenvalue weighted by molar-refractivity contribution is 6.11. The number of hydrogen-bond acceptors (Lipinski definition) is 6. The van der Waals surface area contributed by atoms with E-state index < -0.39 is 6.04 Å². The molecule has 0 N–H and O–H groups in total. The number of methoxy groups -OCH3 is 4. The molecule has 4 rings (SSSR count). The average molecular weight is 423 g/mol. The van der Waals surface area contributed by atoms with E-state index in [9.17, 15) is 9.59 Å².